The van der Waals surface area contributed by atoms with Crippen LogP contribution in [0.3, 0.4) is 0 Å². The number of Topliss-reactive ketones (excluding diaryl/α,β-unsaturated/α-hetero) is 1. The van der Waals surface area contributed by atoms with E-state index in [9.17, 15) is 19.7 Å². The van der Waals surface area contributed by atoms with Crippen LogP contribution < -0.4 is 4.74 Å². The highest BCUT2D eigenvalue weighted by molar-refractivity contribution is 6.01. The Morgan fingerprint density at radius 2 is 1.67 bits per heavy atom. The van der Waals surface area contributed by atoms with Crippen molar-refractivity contribution in [3.8, 4) is 5.75 Å². The predicted molar refractivity (Wildman–Crippen MR) is 99.7 cm³/mol. The van der Waals surface area contributed by atoms with E-state index in [-0.39, 0.29) is 22.8 Å². The summed E-state index contributed by atoms with van der Waals surface area (Å²) in [5, 5.41) is 10.9. The van der Waals surface area contributed by atoms with Crippen molar-refractivity contribution in [1.29, 1.82) is 0 Å². The molecule has 142 valence electrons. The van der Waals surface area contributed by atoms with Crippen LogP contribution >= 0.6 is 0 Å². The number of nitrogens with zero attached hydrogens (tertiary/aromatic N) is 1. The summed E-state index contributed by atoms with van der Waals surface area (Å²) in [6, 6.07) is 5.38. The second-order valence-corrected chi connectivity index (χ2v) is 6.26. The molecule has 0 saturated carbocycles. The lowest BCUT2D eigenvalue weighted by Crippen LogP contribution is -2.17. The number of hydrogen-bond acceptors (Lipinski definition) is 6. The maximum Gasteiger partial charge on any atom is 0.342 e. The molecular weight excluding hydrogens is 350 g/mol. The highest BCUT2D eigenvalue weighted by Crippen LogP contribution is 2.25. The quantitative estimate of drug-likeness (QED) is 0.331. The summed E-state index contributed by atoms with van der Waals surface area (Å²) in [4.78, 5) is 35.2. The molecule has 0 aliphatic heterocycles. The Bertz CT molecular complexity index is 933. The number of hydrogen-bond donors (Lipinski definition) is 0. The van der Waals surface area contributed by atoms with Gasteiger partial charge in [0.25, 0.3) is 5.69 Å². The summed E-state index contributed by atoms with van der Waals surface area (Å²) in [6.07, 6.45) is 0. The normalized spacial score (nSPS) is 10.4. The number of methoxy groups -OCH3 is 1. The van der Waals surface area contributed by atoms with Gasteiger partial charge in [-0.25, -0.2) is 4.79 Å². The Kier molecular flexibility index (Phi) is 5.95. The Labute approximate surface area is 157 Å². The topological polar surface area (TPSA) is 95.7 Å². The molecular formula is C20H21NO6. The van der Waals surface area contributed by atoms with Gasteiger partial charge in [0.15, 0.2) is 6.61 Å². The Morgan fingerprint density at radius 1 is 1.00 bits per heavy atom. The minimum Gasteiger partial charge on any atom is -0.496 e. The second kappa shape index (κ2) is 7.99. The van der Waals surface area contributed by atoms with Crippen LogP contribution in [0.5, 0.6) is 5.75 Å². The lowest BCUT2D eigenvalue weighted by molar-refractivity contribution is -0.384. The number of nitro groups is 1. The number of carbonyl (C=O) groups is 2. The number of carbonyl (C=O) groups excluding carboxylic acids is 2. The van der Waals surface area contributed by atoms with Crippen molar-refractivity contribution in [2.75, 3.05) is 13.7 Å². The van der Waals surface area contributed by atoms with Crippen LogP contribution in [0.25, 0.3) is 0 Å². The van der Waals surface area contributed by atoms with Crippen molar-refractivity contribution >= 4 is 17.4 Å². The van der Waals surface area contributed by atoms with E-state index in [1.54, 1.807) is 6.07 Å². The van der Waals surface area contributed by atoms with Crippen LogP contribution in [-0.2, 0) is 4.74 Å². The number of ketones is 1. The molecule has 0 aromatic heterocycles. The monoisotopic (exact) mass is 371 g/mol. The molecule has 7 nitrogen and oxygen atoms in total. The summed E-state index contributed by atoms with van der Waals surface area (Å²) >= 11 is 0. The third-order valence-corrected chi connectivity index (χ3v) is 4.73. The van der Waals surface area contributed by atoms with Crippen molar-refractivity contribution in [3.63, 3.8) is 0 Å². The number of esters is 1. The zero-order chi connectivity index (χ0) is 20.3. The first-order valence-corrected chi connectivity index (χ1v) is 8.27. The molecule has 2 aromatic rings. The summed E-state index contributed by atoms with van der Waals surface area (Å²) in [5.74, 6) is -1.06. The van der Waals surface area contributed by atoms with Gasteiger partial charge in [0.1, 0.15) is 11.3 Å². The molecule has 7 heteroatoms. The predicted octanol–water partition coefficient (Wildman–Crippen LogP) is 3.88. The Hall–Kier alpha value is -3.22. The van der Waals surface area contributed by atoms with Gasteiger partial charge in [0, 0.05) is 17.7 Å². The Morgan fingerprint density at radius 3 is 2.26 bits per heavy atom. The van der Waals surface area contributed by atoms with Crippen LogP contribution in [0.15, 0.2) is 24.3 Å². The molecule has 0 saturated heterocycles. The van der Waals surface area contributed by atoms with Gasteiger partial charge in [0.2, 0.25) is 5.78 Å². The van der Waals surface area contributed by atoms with E-state index in [1.807, 2.05) is 27.7 Å². The first kappa shape index (κ1) is 20.1. The minimum absolute atomic E-state index is 0.104. The zero-order valence-electron chi connectivity index (χ0n) is 15.9. The van der Waals surface area contributed by atoms with Gasteiger partial charge in [-0.15, -0.1) is 0 Å². The van der Waals surface area contributed by atoms with Crippen LogP contribution in [-0.4, -0.2) is 30.4 Å². The minimum atomic E-state index is -0.859. The molecule has 2 aromatic carbocycles. The van der Waals surface area contributed by atoms with Gasteiger partial charge in [-0.1, -0.05) is 0 Å². The maximum atomic E-state index is 12.5. The van der Waals surface area contributed by atoms with E-state index in [0.717, 1.165) is 28.3 Å². The summed E-state index contributed by atoms with van der Waals surface area (Å²) in [6.45, 7) is 7.22. The van der Waals surface area contributed by atoms with Gasteiger partial charge in [0.05, 0.1) is 12.0 Å². The molecule has 0 fully saturated rings. The van der Waals surface area contributed by atoms with E-state index in [4.69, 9.17) is 9.47 Å². The largest absolute Gasteiger partial charge is 0.496 e. The van der Waals surface area contributed by atoms with Gasteiger partial charge < -0.3 is 9.47 Å². The number of aryl methyl sites for hydroxylation is 1. The summed E-state index contributed by atoms with van der Waals surface area (Å²) in [5.41, 5.74) is 4.07. The SMILES string of the molecule is COc1ccc([N+](=O)[O-])cc1C(=O)OCC(=O)c1cc(C)c(C)c(C)c1C. The fourth-order valence-electron chi connectivity index (χ4n) is 2.76. The molecule has 0 amide bonds. The molecule has 0 heterocycles. The highest BCUT2D eigenvalue weighted by atomic mass is 16.6. The molecule has 0 aliphatic carbocycles. The van der Waals surface area contributed by atoms with E-state index >= 15 is 0 Å². The summed E-state index contributed by atoms with van der Waals surface area (Å²) < 4.78 is 10.1. The lowest BCUT2D eigenvalue weighted by atomic mass is 9.93. The molecule has 0 N–H and O–H groups in total. The Balaban J connectivity index is 2.22. The third kappa shape index (κ3) is 4.13. The van der Waals surface area contributed by atoms with Crippen LogP contribution in [0.1, 0.15) is 43.0 Å². The third-order valence-electron chi connectivity index (χ3n) is 4.73. The van der Waals surface area contributed by atoms with Crippen molar-refractivity contribution in [2.45, 2.75) is 27.7 Å². The van der Waals surface area contributed by atoms with E-state index in [0.29, 0.717) is 5.56 Å². The van der Waals surface area contributed by atoms with Crippen LogP contribution in [0.2, 0.25) is 0 Å². The number of nitro benzene ring substituents is 1. The molecule has 0 bridgehead atoms. The van der Waals surface area contributed by atoms with Gasteiger partial charge in [-0.3, -0.25) is 14.9 Å². The number of rotatable bonds is 6. The van der Waals surface area contributed by atoms with Crippen molar-refractivity contribution in [3.05, 3.63) is 67.8 Å². The average molecular weight is 371 g/mol. The van der Waals surface area contributed by atoms with Crippen molar-refractivity contribution in [1.82, 2.24) is 0 Å². The van der Waals surface area contributed by atoms with E-state index < -0.39 is 17.5 Å². The van der Waals surface area contributed by atoms with Gasteiger partial charge in [-0.05, 0) is 62.1 Å². The van der Waals surface area contributed by atoms with Crippen molar-refractivity contribution in [2.24, 2.45) is 0 Å². The van der Waals surface area contributed by atoms with E-state index in [1.165, 1.54) is 19.2 Å². The second-order valence-electron chi connectivity index (χ2n) is 6.26. The first-order valence-electron chi connectivity index (χ1n) is 8.27. The number of ether oxygens (including phenoxy) is 2. The number of non-ortho nitro benzene ring substituents is 1. The average Bonchev–Trinajstić information content (AvgIpc) is 2.66. The zero-order valence-corrected chi connectivity index (χ0v) is 15.9. The van der Waals surface area contributed by atoms with E-state index in [2.05, 4.69) is 0 Å². The highest BCUT2D eigenvalue weighted by Gasteiger charge is 2.21. The first-order chi connectivity index (χ1) is 12.7. The summed E-state index contributed by atoms with van der Waals surface area (Å²) in [7, 11) is 1.34. The molecule has 0 aliphatic rings. The standard InChI is InChI=1S/C20H21NO6/c1-11-8-16(14(4)13(3)12(11)2)18(22)10-27-20(23)17-9-15(21(24)25)6-7-19(17)26-5/h6-9H,10H2,1-5H3. The molecule has 27 heavy (non-hydrogen) atoms. The van der Waals surface area contributed by atoms with Gasteiger partial charge in [-0.2, -0.15) is 0 Å². The van der Waals surface area contributed by atoms with Crippen LogP contribution in [0.4, 0.5) is 5.69 Å². The molecule has 2 rings (SSSR count). The lowest BCUT2D eigenvalue weighted by Gasteiger charge is -2.14. The molecule has 0 atom stereocenters. The smallest absolute Gasteiger partial charge is 0.342 e. The van der Waals surface area contributed by atoms with Crippen molar-refractivity contribution < 1.29 is 24.0 Å². The van der Waals surface area contributed by atoms with Crippen LogP contribution in [0, 0.1) is 37.8 Å². The fraction of sp³-hybridized carbons (Fsp3) is 0.300. The fourth-order valence-corrected chi connectivity index (χ4v) is 2.76. The molecule has 0 spiro atoms. The molecule has 0 radical (unpaired) electrons. The number of benzene rings is 2. The molecule has 0 unspecified atom stereocenters. The maximum absolute atomic E-state index is 12.5. The van der Waals surface area contributed by atoms with Gasteiger partial charge >= 0.3 is 5.97 Å².